The van der Waals surface area contributed by atoms with Gasteiger partial charge < -0.3 is 0 Å². The van der Waals surface area contributed by atoms with Gasteiger partial charge in [0, 0.05) is 13.1 Å². The Morgan fingerprint density at radius 3 is 2.30 bits per heavy atom. The summed E-state index contributed by atoms with van der Waals surface area (Å²) in [6.07, 6.45) is 1.46. The second-order valence-corrected chi connectivity index (χ2v) is 7.60. The van der Waals surface area contributed by atoms with Gasteiger partial charge in [-0.2, -0.15) is 12.7 Å². The number of primary sulfonamides is 1. The molecular weight excluding hydrogens is 309 g/mol. The van der Waals surface area contributed by atoms with Crippen molar-refractivity contribution in [3.8, 4) is 0 Å². The highest BCUT2D eigenvalue weighted by atomic mass is 32.2. The summed E-state index contributed by atoms with van der Waals surface area (Å²) in [5, 5.41) is 4.98. The molecule has 0 amide bonds. The maximum absolute atomic E-state index is 13.2. The van der Waals surface area contributed by atoms with Gasteiger partial charge in [-0.3, -0.25) is 4.72 Å². The van der Waals surface area contributed by atoms with Gasteiger partial charge in [-0.05, 0) is 31.0 Å². The lowest BCUT2D eigenvalue weighted by Crippen LogP contribution is -2.34. The smallest absolute Gasteiger partial charge is 0.269 e. The van der Waals surface area contributed by atoms with Crippen molar-refractivity contribution in [2.45, 2.75) is 17.7 Å². The molecule has 0 unspecified atom stereocenters. The number of benzene rings is 1. The molecule has 1 fully saturated rings. The van der Waals surface area contributed by atoms with Gasteiger partial charge in [0.2, 0.25) is 10.0 Å². The lowest BCUT2D eigenvalue weighted by molar-refractivity contribution is 0.482. The molecule has 1 aliphatic rings. The van der Waals surface area contributed by atoms with Crippen LogP contribution in [0.15, 0.2) is 23.1 Å². The summed E-state index contributed by atoms with van der Waals surface area (Å²) in [5.41, 5.74) is -0.389. The lowest BCUT2D eigenvalue weighted by atomic mass is 10.3. The van der Waals surface area contributed by atoms with Gasteiger partial charge in [0.05, 0.1) is 5.69 Å². The number of halogens is 1. The van der Waals surface area contributed by atoms with Crippen LogP contribution in [-0.2, 0) is 20.2 Å². The predicted molar refractivity (Wildman–Crippen MR) is 71.1 cm³/mol. The minimum Gasteiger partial charge on any atom is -0.269 e. The van der Waals surface area contributed by atoms with E-state index in [4.69, 9.17) is 5.14 Å². The van der Waals surface area contributed by atoms with Gasteiger partial charge in [0.15, 0.2) is 0 Å². The van der Waals surface area contributed by atoms with E-state index in [-0.39, 0.29) is 5.69 Å². The zero-order chi connectivity index (χ0) is 15.0. The van der Waals surface area contributed by atoms with Crippen LogP contribution in [0.3, 0.4) is 0 Å². The van der Waals surface area contributed by atoms with E-state index in [1.807, 2.05) is 0 Å². The first-order chi connectivity index (χ1) is 9.20. The molecule has 20 heavy (non-hydrogen) atoms. The summed E-state index contributed by atoms with van der Waals surface area (Å²) in [4.78, 5) is -0.471. The Labute approximate surface area is 116 Å². The highest BCUT2D eigenvalue weighted by Gasteiger charge is 2.27. The molecule has 112 valence electrons. The molecule has 0 aromatic heterocycles. The maximum Gasteiger partial charge on any atom is 0.301 e. The largest absolute Gasteiger partial charge is 0.301 e. The van der Waals surface area contributed by atoms with Crippen LogP contribution in [0, 0.1) is 5.82 Å². The molecule has 1 saturated heterocycles. The predicted octanol–water partition coefficient (Wildman–Crippen LogP) is 0.226. The summed E-state index contributed by atoms with van der Waals surface area (Å²) < 4.78 is 63.3. The van der Waals surface area contributed by atoms with Crippen molar-refractivity contribution in [3.63, 3.8) is 0 Å². The second-order valence-electron chi connectivity index (χ2n) is 4.40. The third-order valence-electron chi connectivity index (χ3n) is 2.89. The van der Waals surface area contributed by atoms with E-state index >= 15 is 0 Å². The van der Waals surface area contributed by atoms with Crippen LogP contribution in [0.2, 0.25) is 0 Å². The first-order valence-electron chi connectivity index (χ1n) is 5.80. The molecule has 1 heterocycles. The van der Waals surface area contributed by atoms with Crippen LogP contribution in [0.1, 0.15) is 12.8 Å². The van der Waals surface area contributed by atoms with E-state index in [1.165, 1.54) is 4.31 Å². The number of anilines is 1. The molecule has 0 spiro atoms. The third kappa shape index (κ3) is 3.26. The average Bonchev–Trinajstić information content (AvgIpc) is 2.80. The van der Waals surface area contributed by atoms with E-state index in [1.54, 1.807) is 0 Å². The quantitative estimate of drug-likeness (QED) is 0.826. The lowest BCUT2D eigenvalue weighted by Gasteiger charge is -2.18. The number of nitrogens with one attached hydrogen (secondary N) is 1. The molecule has 0 bridgehead atoms. The summed E-state index contributed by atoms with van der Waals surface area (Å²) in [6, 6.07) is 2.60. The summed E-state index contributed by atoms with van der Waals surface area (Å²) >= 11 is 0. The van der Waals surface area contributed by atoms with E-state index in [0.29, 0.717) is 13.1 Å². The van der Waals surface area contributed by atoms with E-state index < -0.39 is 30.9 Å². The second kappa shape index (κ2) is 5.28. The zero-order valence-corrected chi connectivity index (χ0v) is 12.0. The Morgan fingerprint density at radius 1 is 1.15 bits per heavy atom. The minimum atomic E-state index is -4.16. The number of nitrogens with two attached hydrogens (primary N) is 1. The Kier molecular flexibility index (Phi) is 4.00. The van der Waals surface area contributed by atoms with E-state index in [2.05, 4.69) is 4.72 Å². The summed E-state index contributed by atoms with van der Waals surface area (Å²) in [7, 11) is -8.07. The molecule has 2 rings (SSSR count). The van der Waals surface area contributed by atoms with Crippen LogP contribution in [-0.4, -0.2) is 34.2 Å². The Balaban J connectivity index is 2.40. The first-order valence-corrected chi connectivity index (χ1v) is 8.79. The minimum absolute atomic E-state index is 0.343. The van der Waals surface area contributed by atoms with Crippen LogP contribution in [0.5, 0.6) is 0 Å². The Bertz CT molecular complexity index is 712. The van der Waals surface area contributed by atoms with E-state index in [9.17, 15) is 21.2 Å². The van der Waals surface area contributed by atoms with Crippen molar-refractivity contribution < 1.29 is 21.2 Å². The van der Waals surface area contributed by atoms with Crippen molar-refractivity contribution in [1.29, 1.82) is 0 Å². The monoisotopic (exact) mass is 323 g/mol. The molecule has 0 atom stereocenters. The number of rotatable bonds is 4. The normalized spacial score (nSPS) is 17.3. The highest BCUT2D eigenvalue weighted by Crippen LogP contribution is 2.24. The van der Waals surface area contributed by atoms with Crippen molar-refractivity contribution in [2.75, 3.05) is 17.8 Å². The molecule has 1 aromatic carbocycles. The molecule has 1 aromatic rings. The SMILES string of the molecule is NS(=O)(=O)c1ccc(F)cc1NS(=O)(=O)N1CCCC1. The fourth-order valence-electron chi connectivity index (χ4n) is 1.96. The van der Waals surface area contributed by atoms with Gasteiger partial charge in [-0.1, -0.05) is 0 Å². The number of hydrogen-bond donors (Lipinski definition) is 2. The van der Waals surface area contributed by atoms with Crippen molar-refractivity contribution >= 4 is 25.9 Å². The fraction of sp³-hybridized carbons (Fsp3) is 0.400. The standard InChI is InChI=1S/C10H14FN3O4S2/c11-8-3-4-10(19(12,15)16)9(7-8)13-20(17,18)14-5-1-2-6-14/h3-4,7,13H,1-2,5-6H2,(H2,12,15,16). The van der Waals surface area contributed by atoms with Crippen molar-refractivity contribution in [1.82, 2.24) is 4.31 Å². The Hall–Kier alpha value is -1.23. The van der Waals surface area contributed by atoms with Gasteiger partial charge >= 0.3 is 10.2 Å². The number of sulfonamides is 1. The van der Waals surface area contributed by atoms with Crippen molar-refractivity contribution in [2.24, 2.45) is 5.14 Å². The fourth-order valence-corrected chi connectivity index (χ4v) is 4.02. The molecule has 10 heteroatoms. The Morgan fingerprint density at radius 2 is 1.75 bits per heavy atom. The number of nitrogens with zero attached hydrogens (tertiary/aromatic N) is 1. The van der Waals surface area contributed by atoms with Crippen LogP contribution in [0.4, 0.5) is 10.1 Å². The molecular formula is C10H14FN3O4S2. The van der Waals surface area contributed by atoms with Gasteiger partial charge in [0.1, 0.15) is 10.7 Å². The molecule has 0 aliphatic carbocycles. The van der Waals surface area contributed by atoms with Crippen LogP contribution >= 0.6 is 0 Å². The maximum atomic E-state index is 13.2. The summed E-state index contributed by atoms with van der Waals surface area (Å²) in [5.74, 6) is -0.767. The topological polar surface area (TPSA) is 110 Å². The van der Waals surface area contributed by atoms with Crippen LogP contribution in [0.25, 0.3) is 0 Å². The third-order valence-corrected chi connectivity index (χ3v) is 5.38. The molecule has 1 aliphatic heterocycles. The summed E-state index contributed by atoms with van der Waals surface area (Å²) in [6.45, 7) is 0.685. The molecule has 0 radical (unpaired) electrons. The van der Waals surface area contributed by atoms with Crippen LogP contribution < -0.4 is 9.86 Å². The van der Waals surface area contributed by atoms with Gasteiger partial charge in [-0.15, -0.1) is 0 Å². The van der Waals surface area contributed by atoms with E-state index in [0.717, 1.165) is 31.0 Å². The molecule has 3 N–H and O–H groups in total. The average molecular weight is 323 g/mol. The zero-order valence-electron chi connectivity index (χ0n) is 10.4. The van der Waals surface area contributed by atoms with Gasteiger partial charge in [0.25, 0.3) is 0 Å². The van der Waals surface area contributed by atoms with Gasteiger partial charge in [-0.25, -0.2) is 17.9 Å². The molecule has 7 nitrogen and oxygen atoms in total. The number of hydrogen-bond acceptors (Lipinski definition) is 4. The highest BCUT2D eigenvalue weighted by molar-refractivity contribution is 7.91. The first kappa shape index (κ1) is 15.2. The molecule has 0 saturated carbocycles. The van der Waals surface area contributed by atoms with Crippen molar-refractivity contribution in [3.05, 3.63) is 24.0 Å².